The van der Waals surface area contributed by atoms with Crippen LogP contribution in [0.15, 0.2) is 22.8 Å². The highest BCUT2D eigenvalue weighted by molar-refractivity contribution is 5.04. The molecule has 2 heterocycles. The van der Waals surface area contributed by atoms with Crippen LogP contribution in [0.5, 0.6) is 0 Å². The Kier molecular flexibility index (Phi) is 1.45. The second-order valence-corrected chi connectivity index (χ2v) is 2.32. The van der Waals surface area contributed by atoms with E-state index in [1.165, 1.54) is 0 Å². The predicted octanol–water partition coefficient (Wildman–Crippen LogP) is 1.25. The molecule has 1 aromatic heterocycles. The van der Waals surface area contributed by atoms with E-state index >= 15 is 0 Å². The second kappa shape index (κ2) is 2.44. The molecule has 54 valence electrons. The lowest BCUT2D eigenvalue weighted by Gasteiger charge is -2.01. The number of furan rings is 1. The molecule has 3 nitrogen and oxygen atoms in total. The van der Waals surface area contributed by atoms with Crippen molar-refractivity contribution in [3.63, 3.8) is 0 Å². The van der Waals surface area contributed by atoms with Gasteiger partial charge in [-0.15, -0.1) is 0 Å². The molecule has 1 aliphatic heterocycles. The standard InChI is InChI=1S/C7H9NO2/c1-2-7(9-4-1)6-3-5-10-8-6/h1-2,4,6,8H,3,5H2. The molecule has 0 aromatic carbocycles. The van der Waals surface area contributed by atoms with Gasteiger partial charge in [-0.1, -0.05) is 0 Å². The van der Waals surface area contributed by atoms with Crippen molar-refractivity contribution in [2.24, 2.45) is 0 Å². The van der Waals surface area contributed by atoms with E-state index in [9.17, 15) is 0 Å². The van der Waals surface area contributed by atoms with E-state index in [1.54, 1.807) is 6.26 Å². The van der Waals surface area contributed by atoms with Crippen molar-refractivity contribution in [1.82, 2.24) is 5.48 Å². The summed E-state index contributed by atoms with van der Waals surface area (Å²) in [6.45, 7) is 0.769. The van der Waals surface area contributed by atoms with Crippen LogP contribution in [0.1, 0.15) is 18.2 Å². The van der Waals surface area contributed by atoms with Crippen molar-refractivity contribution < 1.29 is 9.25 Å². The van der Waals surface area contributed by atoms with Crippen molar-refractivity contribution in [1.29, 1.82) is 0 Å². The van der Waals surface area contributed by atoms with Gasteiger partial charge in [0.05, 0.1) is 18.9 Å². The van der Waals surface area contributed by atoms with E-state index in [1.807, 2.05) is 12.1 Å². The highest BCUT2D eigenvalue weighted by atomic mass is 16.7. The summed E-state index contributed by atoms with van der Waals surface area (Å²) in [5, 5.41) is 0. The minimum Gasteiger partial charge on any atom is -0.468 e. The maximum atomic E-state index is 5.17. The molecule has 1 unspecified atom stereocenters. The van der Waals surface area contributed by atoms with Crippen LogP contribution in [0.3, 0.4) is 0 Å². The minimum atomic E-state index is 0.259. The average Bonchev–Trinajstić information content (AvgIpc) is 2.59. The minimum absolute atomic E-state index is 0.259. The zero-order valence-corrected chi connectivity index (χ0v) is 5.54. The summed E-state index contributed by atoms with van der Waals surface area (Å²) in [7, 11) is 0. The summed E-state index contributed by atoms with van der Waals surface area (Å²) in [6.07, 6.45) is 2.67. The van der Waals surface area contributed by atoms with Crippen LogP contribution < -0.4 is 5.48 Å². The van der Waals surface area contributed by atoms with Gasteiger partial charge in [0.25, 0.3) is 0 Å². The van der Waals surface area contributed by atoms with Gasteiger partial charge in [-0.3, -0.25) is 0 Å². The van der Waals surface area contributed by atoms with Gasteiger partial charge in [0, 0.05) is 0 Å². The van der Waals surface area contributed by atoms with E-state index in [0.29, 0.717) is 0 Å². The summed E-state index contributed by atoms with van der Waals surface area (Å²) in [5.41, 5.74) is 2.87. The monoisotopic (exact) mass is 139 g/mol. The molecular formula is C7H9NO2. The number of hydrogen-bond acceptors (Lipinski definition) is 3. The number of nitrogens with one attached hydrogen (secondary N) is 1. The fourth-order valence-electron chi connectivity index (χ4n) is 1.09. The van der Waals surface area contributed by atoms with E-state index in [4.69, 9.17) is 9.25 Å². The van der Waals surface area contributed by atoms with Crippen molar-refractivity contribution in [3.05, 3.63) is 24.2 Å². The summed E-state index contributed by atoms with van der Waals surface area (Å²) in [4.78, 5) is 4.97. The molecule has 3 heteroatoms. The van der Waals surface area contributed by atoms with Crippen molar-refractivity contribution >= 4 is 0 Å². The molecule has 0 aliphatic carbocycles. The molecular weight excluding hydrogens is 130 g/mol. The van der Waals surface area contributed by atoms with Gasteiger partial charge in [-0.25, -0.2) is 0 Å². The summed E-state index contributed by atoms with van der Waals surface area (Å²) < 4.78 is 5.17. The summed E-state index contributed by atoms with van der Waals surface area (Å²) in [6, 6.07) is 4.09. The molecule has 0 amide bonds. The van der Waals surface area contributed by atoms with Crippen LogP contribution in [0.2, 0.25) is 0 Å². The Bertz CT molecular complexity index is 189. The van der Waals surface area contributed by atoms with Crippen LogP contribution in [0, 0.1) is 0 Å². The van der Waals surface area contributed by atoms with Crippen molar-refractivity contribution in [2.45, 2.75) is 12.5 Å². The maximum Gasteiger partial charge on any atom is 0.123 e. The molecule has 0 saturated carbocycles. The third-order valence-electron chi connectivity index (χ3n) is 1.62. The quantitative estimate of drug-likeness (QED) is 0.635. The second-order valence-electron chi connectivity index (χ2n) is 2.32. The Morgan fingerprint density at radius 2 is 2.60 bits per heavy atom. The van der Waals surface area contributed by atoms with Gasteiger partial charge in [0.1, 0.15) is 5.76 Å². The van der Waals surface area contributed by atoms with Crippen LogP contribution in [-0.4, -0.2) is 6.61 Å². The van der Waals surface area contributed by atoms with Crippen LogP contribution in [0.4, 0.5) is 0 Å². The van der Waals surface area contributed by atoms with Crippen LogP contribution >= 0.6 is 0 Å². The van der Waals surface area contributed by atoms with E-state index < -0.39 is 0 Å². The summed E-state index contributed by atoms with van der Waals surface area (Å²) >= 11 is 0. The van der Waals surface area contributed by atoms with Gasteiger partial charge in [0.2, 0.25) is 0 Å². The molecule has 1 saturated heterocycles. The Balaban J connectivity index is 2.12. The number of hydroxylamine groups is 1. The lowest BCUT2D eigenvalue weighted by molar-refractivity contribution is 0.0848. The Labute approximate surface area is 58.9 Å². The molecule has 0 bridgehead atoms. The zero-order chi connectivity index (χ0) is 6.81. The zero-order valence-electron chi connectivity index (χ0n) is 5.54. The van der Waals surface area contributed by atoms with Crippen LogP contribution in [-0.2, 0) is 4.84 Å². The first-order valence-corrected chi connectivity index (χ1v) is 3.37. The third kappa shape index (κ3) is 0.936. The molecule has 1 aliphatic rings. The fourth-order valence-corrected chi connectivity index (χ4v) is 1.09. The molecule has 1 fully saturated rings. The van der Waals surface area contributed by atoms with Gasteiger partial charge < -0.3 is 9.25 Å². The van der Waals surface area contributed by atoms with E-state index in [2.05, 4.69) is 5.48 Å². The first-order chi connectivity index (χ1) is 4.97. The molecule has 1 N–H and O–H groups in total. The fraction of sp³-hybridized carbons (Fsp3) is 0.429. The molecule has 1 aromatic rings. The van der Waals surface area contributed by atoms with Crippen molar-refractivity contribution in [3.8, 4) is 0 Å². The largest absolute Gasteiger partial charge is 0.468 e. The van der Waals surface area contributed by atoms with Gasteiger partial charge in [-0.05, 0) is 18.6 Å². The van der Waals surface area contributed by atoms with Crippen molar-refractivity contribution in [2.75, 3.05) is 6.61 Å². The van der Waals surface area contributed by atoms with E-state index in [0.717, 1.165) is 18.8 Å². The first kappa shape index (κ1) is 5.95. The smallest absolute Gasteiger partial charge is 0.123 e. The average molecular weight is 139 g/mol. The van der Waals surface area contributed by atoms with E-state index in [-0.39, 0.29) is 6.04 Å². The van der Waals surface area contributed by atoms with Crippen LogP contribution in [0.25, 0.3) is 0 Å². The normalized spacial score (nSPS) is 25.4. The molecule has 0 radical (unpaired) electrons. The van der Waals surface area contributed by atoms with Gasteiger partial charge >= 0.3 is 0 Å². The topological polar surface area (TPSA) is 34.4 Å². The number of hydrogen-bond donors (Lipinski definition) is 1. The lowest BCUT2D eigenvalue weighted by Crippen LogP contribution is -2.10. The molecule has 10 heavy (non-hydrogen) atoms. The van der Waals surface area contributed by atoms with Gasteiger partial charge in [-0.2, -0.15) is 5.48 Å². The molecule has 1 atom stereocenters. The Morgan fingerprint density at radius 3 is 3.20 bits per heavy atom. The maximum absolute atomic E-state index is 5.17. The predicted molar refractivity (Wildman–Crippen MR) is 35.2 cm³/mol. The van der Waals surface area contributed by atoms with Gasteiger partial charge in [0.15, 0.2) is 0 Å². The third-order valence-corrected chi connectivity index (χ3v) is 1.62. The summed E-state index contributed by atoms with van der Waals surface area (Å²) in [5.74, 6) is 0.956. The highest BCUT2D eigenvalue weighted by Crippen LogP contribution is 2.20. The molecule has 0 spiro atoms. The Morgan fingerprint density at radius 1 is 1.60 bits per heavy atom. The molecule has 2 rings (SSSR count). The Hall–Kier alpha value is -0.800. The lowest BCUT2D eigenvalue weighted by atomic mass is 10.2. The first-order valence-electron chi connectivity index (χ1n) is 3.37. The number of rotatable bonds is 1. The highest BCUT2D eigenvalue weighted by Gasteiger charge is 2.18. The SMILES string of the molecule is c1coc(C2CCON2)c1.